The third-order valence-electron chi connectivity index (χ3n) is 4.60. The molecular formula is C21H24O6. The highest BCUT2D eigenvalue weighted by atomic mass is 16.6. The van der Waals surface area contributed by atoms with Crippen LogP contribution in [-0.2, 0) is 19.0 Å². The van der Waals surface area contributed by atoms with Crippen molar-refractivity contribution in [3.63, 3.8) is 0 Å². The summed E-state index contributed by atoms with van der Waals surface area (Å²) in [6.07, 6.45) is 2.34. The molecule has 2 aromatic carbocycles. The summed E-state index contributed by atoms with van der Waals surface area (Å²) in [6.45, 7) is 2.70. The lowest BCUT2D eigenvalue weighted by Gasteiger charge is -2.23. The van der Waals surface area contributed by atoms with E-state index in [1.807, 2.05) is 24.3 Å². The van der Waals surface area contributed by atoms with Gasteiger partial charge in [0.1, 0.15) is 11.3 Å². The molecule has 1 heterocycles. The highest BCUT2D eigenvalue weighted by molar-refractivity contribution is 5.99. The summed E-state index contributed by atoms with van der Waals surface area (Å²) in [5, 5.41) is 1.72. The molecule has 6 heteroatoms. The zero-order valence-corrected chi connectivity index (χ0v) is 15.6. The second-order valence-electron chi connectivity index (χ2n) is 6.57. The van der Waals surface area contributed by atoms with Gasteiger partial charge in [-0.2, -0.15) is 0 Å². The average molecular weight is 372 g/mol. The topological polar surface area (TPSA) is 71.1 Å². The van der Waals surface area contributed by atoms with Crippen molar-refractivity contribution in [1.82, 2.24) is 0 Å². The Hall–Kier alpha value is -2.44. The Morgan fingerprint density at radius 2 is 1.93 bits per heavy atom. The third-order valence-corrected chi connectivity index (χ3v) is 4.60. The molecule has 0 N–H and O–H groups in total. The van der Waals surface area contributed by atoms with Crippen molar-refractivity contribution in [3.8, 4) is 5.75 Å². The summed E-state index contributed by atoms with van der Waals surface area (Å²) in [7, 11) is 1.29. The highest BCUT2D eigenvalue weighted by Crippen LogP contribution is 2.27. The molecule has 1 saturated heterocycles. The van der Waals surface area contributed by atoms with Crippen molar-refractivity contribution in [3.05, 3.63) is 42.0 Å². The minimum Gasteiger partial charge on any atom is -0.465 e. The molecule has 1 aliphatic rings. The Bertz CT molecular complexity index is 809. The number of hydrogen-bond donors (Lipinski definition) is 0. The lowest BCUT2D eigenvalue weighted by molar-refractivity contribution is -0.149. The van der Waals surface area contributed by atoms with Gasteiger partial charge in [-0.1, -0.05) is 24.3 Å². The van der Waals surface area contributed by atoms with Gasteiger partial charge in [-0.3, -0.25) is 0 Å². The molecular weight excluding hydrogens is 348 g/mol. The normalized spacial score (nSPS) is 18.1. The van der Waals surface area contributed by atoms with E-state index in [-0.39, 0.29) is 17.4 Å². The van der Waals surface area contributed by atoms with Crippen LogP contribution in [0.5, 0.6) is 5.75 Å². The average Bonchev–Trinajstić information content (AvgIpc) is 2.71. The largest absolute Gasteiger partial charge is 0.465 e. The maximum Gasteiger partial charge on any atom is 0.341 e. The van der Waals surface area contributed by atoms with E-state index in [0.29, 0.717) is 6.61 Å². The lowest BCUT2D eigenvalue weighted by Crippen LogP contribution is -2.32. The van der Waals surface area contributed by atoms with Gasteiger partial charge in [0.25, 0.3) is 0 Å². The summed E-state index contributed by atoms with van der Waals surface area (Å²) < 4.78 is 21.5. The van der Waals surface area contributed by atoms with Crippen LogP contribution in [0.4, 0.5) is 0 Å². The molecule has 1 fully saturated rings. The first-order valence-electron chi connectivity index (χ1n) is 9.14. The zero-order valence-electron chi connectivity index (χ0n) is 15.6. The highest BCUT2D eigenvalue weighted by Gasteiger charge is 2.23. The van der Waals surface area contributed by atoms with Crippen LogP contribution >= 0.6 is 0 Å². The van der Waals surface area contributed by atoms with Crippen LogP contribution in [0.15, 0.2) is 36.4 Å². The smallest absolute Gasteiger partial charge is 0.341 e. The Labute approximate surface area is 158 Å². The maximum absolute atomic E-state index is 12.4. The van der Waals surface area contributed by atoms with Crippen molar-refractivity contribution >= 4 is 22.7 Å². The predicted molar refractivity (Wildman–Crippen MR) is 99.9 cm³/mol. The number of ether oxygens (including phenoxy) is 4. The van der Waals surface area contributed by atoms with Gasteiger partial charge in [0, 0.05) is 6.61 Å². The van der Waals surface area contributed by atoms with Gasteiger partial charge in [-0.25, -0.2) is 9.59 Å². The quantitative estimate of drug-likeness (QED) is 0.571. The van der Waals surface area contributed by atoms with Gasteiger partial charge >= 0.3 is 11.9 Å². The molecule has 3 rings (SSSR count). The molecule has 2 atom stereocenters. The van der Waals surface area contributed by atoms with Crippen molar-refractivity contribution in [2.75, 3.05) is 20.3 Å². The van der Waals surface area contributed by atoms with Gasteiger partial charge in [-0.05, 0) is 49.1 Å². The van der Waals surface area contributed by atoms with Gasteiger partial charge < -0.3 is 18.9 Å². The summed E-state index contributed by atoms with van der Waals surface area (Å²) >= 11 is 0. The molecule has 2 unspecified atom stereocenters. The summed E-state index contributed by atoms with van der Waals surface area (Å²) in [5.74, 6) is -0.964. The van der Waals surface area contributed by atoms with Crippen LogP contribution in [-0.4, -0.2) is 44.5 Å². The zero-order chi connectivity index (χ0) is 19.2. The summed E-state index contributed by atoms with van der Waals surface area (Å²) in [4.78, 5) is 24.5. The Balaban J connectivity index is 1.71. The van der Waals surface area contributed by atoms with E-state index in [1.165, 1.54) is 7.11 Å². The van der Waals surface area contributed by atoms with Gasteiger partial charge in [0.05, 0.1) is 19.8 Å². The lowest BCUT2D eigenvalue weighted by atomic mass is 10.1. The van der Waals surface area contributed by atoms with E-state index in [9.17, 15) is 9.59 Å². The molecule has 0 radical (unpaired) electrons. The van der Waals surface area contributed by atoms with Gasteiger partial charge in [0.2, 0.25) is 0 Å². The first-order chi connectivity index (χ1) is 13.1. The van der Waals surface area contributed by atoms with E-state index < -0.39 is 18.0 Å². The van der Waals surface area contributed by atoms with Crippen LogP contribution in [0, 0.1) is 0 Å². The van der Waals surface area contributed by atoms with Crippen LogP contribution in [0.2, 0.25) is 0 Å². The second kappa shape index (κ2) is 8.97. The first kappa shape index (κ1) is 19.3. The standard InChI is InChI=1S/C21H24O6/c1-14(26-13-17-9-5-6-10-25-17)20(22)27-19-12-16-8-4-3-7-15(16)11-18(19)21(23)24-2/h3-4,7-8,11-12,14,17H,5-6,9-10,13H2,1-2H3. The van der Waals surface area contributed by atoms with Crippen molar-refractivity contribution in [2.24, 2.45) is 0 Å². The fourth-order valence-corrected chi connectivity index (χ4v) is 3.02. The second-order valence-corrected chi connectivity index (χ2v) is 6.57. The monoisotopic (exact) mass is 372 g/mol. The molecule has 1 aliphatic heterocycles. The predicted octanol–water partition coefficient (Wildman–Crippen LogP) is 3.51. The number of carbonyl (C=O) groups excluding carboxylic acids is 2. The van der Waals surface area contributed by atoms with Crippen LogP contribution in [0.1, 0.15) is 36.5 Å². The fraction of sp³-hybridized carbons (Fsp3) is 0.429. The van der Waals surface area contributed by atoms with Crippen molar-refractivity contribution in [2.45, 2.75) is 38.4 Å². The summed E-state index contributed by atoms with van der Waals surface area (Å²) in [5.41, 5.74) is 0.201. The minimum atomic E-state index is -0.771. The van der Waals surface area contributed by atoms with E-state index in [4.69, 9.17) is 18.9 Å². The first-order valence-corrected chi connectivity index (χ1v) is 9.14. The fourth-order valence-electron chi connectivity index (χ4n) is 3.02. The number of rotatable bonds is 6. The molecule has 0 aliphatic carbocycles. The van der Waals surface area contributed by atoms with Crippen LogP contribution in [0.25, 0.3) is 10.8 Å². The third kappa shape index (κ3) is 4.84. The molecule has 6 nitrogen and oxygen atoms in total. The van der Waals surface area contributed by atoms with E-state index in [1.54, 1.807) is 19.1 Å². The number of carbonyl (C=O) groups is 2. The molecule has 0 aromatic heterocycles. The maximum atomic E-state index is 12.4. The Morgan fingerprint density at radius 1 is 1.19 bits per heavy atom. The Kier molecular flexibility index (Phi) is 6.42. The van der Waals surface area contributed by atoms with E-state index >= 15 is 0 Å². The molecule has 27 heavy (non-hydrogen) atoms. The molecule has 2 aromatic rings. The number of esters is 2. The molecule has 0 saturated carbocycles. The molecule has 0 amide bonds. The molecule has 0 spiro atoms. The number of methoxy groups -OCH3 is 1. The number of hydrogen-bond acceptors (Lipinski definition) is 6. The van der Waals surface area contributed by atoms with Gasteiger partial charge in [-0.15, -0.1) is 0 Å². The van der Waals surface area contributed by atoms with Crippen LogP contribution < -0.4 is 4.74 Å². The molecule has 0 bridgehead atoms. The Morgan fingerprint density at radius 3 is 2.59 bits per heavy atom. The van der Waals surface area contributed by atoms with Crippen LogP contribution in [0.3, 0.4) is 0 Å². The SMILES string of the molecule is COC(=O)c1cc2ccccc2cc1OC(=O)C(C)OCC1CCCCO1. The van der Waals surface area contributed by atoms with E-state index in [0.717, 1.165) is 36.6 Å². The number of benzene rings is 2. The minimum absolute atomic E-state index is 0.0142. The summed E-state index contributed by atoms with van der Waals surface area (Å²) in [6, 6.07) is 10.8. The van der Waals surface area contributed by atoms with Crippen molar-refractivity contribution < 1.29 is 28.5 Å². The van der Waals surface area contributed by atoms with E-state index in [2.05, 4.69) is 0 Å². The molecule has 144 valence electrons. The van der Waals surface area contributed by atoms with Crippen molar-refractivity contribution in [1.29, 1.82) is 0 Å². The number of fused-ring (bicyclic) bond motifs is 1. The van der Waals surface area contributed by atoms with Gasteiger partial charge in [0.15, 0.2) is 6.10 Å².